The summed E-state index contributed by atoms with van der Waals surface area (Å²) in [5.41, 5.74) is 2.69. The first-order chi connectivity index (χ1) is 12.1. The van der Waals surface area contributed by atoms with Crippen molar-refractivity contribution in [3.8, 4) is 0 Å². The van der Waals surface area contributed by atoms with Crippen LogP contribution < -0.4 is 10.2 Å². The number of amides is 1. The SMILES string of the molecule is CC(C)c1ccccc1NC(=O)C1CCN(c2ccccc2F)CC1. The number of carbonyl (C=O) groups excluding carboxylic acids is 1. The van der Waals surface area contributed by atoms with Crippen LogP contribution in [0.25, 0.3) is 0 Å². The number of anilines is 2. The molecule has 0 radical (unpaired) electrons. The van der Waals surface area contributed by atoms with E-state index < -0.39 is 0 Å². The van der Waals surface area contributed by atoms with Gasteiger partial charge in [0, 0.05) is 24.7 Å². The van der Waals surface area contributed by atoms with Crippen molar-refractivity contribution in [2.24, 2.45) is 5.92 Å². The fourth-order valence-corrected chi connectivity index (χ4v) is 3.44. The van der Waals surface area contributed by atoms with Gasteiger partial charge in [-0.25, -0.2) is 4.39 Å². The molecular weight excluding hydrogens is 315 g/mol. The van der Waals surface area contributed by atoms with Crippen LogP contribution in [0.5, 0.6) is 0 Å². The van der Waals surface area contributed by atoms with Gasteiger partial charge in [0.1, 0.15) is 5.82 Å². The zero-order chi connectivity index (χ0) is 17.8. The van der Waals surface area contributed by atoms with Crippen LogP contribution in [0.4, 0.5) is 15.8 Å². The number of piperidine rings is 1. The van der Waals surface area contributed by atoms with E-state index >= 15 is 0 Å². The zero-order valence-corrected chi connectivity index (χ0v) is 14.8. The van der Waals surface area contributed by atoms with Crippen LogP contribution in [0.2, 0.25) is 0 Å². The van der Waals surface area contributed by atoms with Crippen LogP contribution >= 0.6 is 0 Å². The molecule has 3 rings (SSSR count). The Morgan fingerprint density at radius 2 is 1.72 bits per heavy atom. The Morgan fingerprint density at radius 3 is 2.40 bits per heavy atom. The van der Waals surface area contributed by atoms with Crippen LogP contribution in [0.15, 0.2) is 48.5 Å². The summed E-state index contributed by atoms with van der Waals surface area (Å²) in [7, 11) is 0. The Kier molecular flexibility index (Phi) is 5.37. The minimum absolute atomic E-state index is 0.0248. The van der Waals surface area contributed by atoms with E-state index in [-0.39, 0.29) is 17.6 Å². The van der Waals surface area contributed by atoms with Gasteiger partial charge >= 0.3 is 0 Å². The van der Waals surface area contributed by atoms with E-state index in [0.29, 0.717) is 24.7 Å². The molecule has 4 heteroatoms. The second-order valence-electron chi connectivity index (χ2n) is 6.94. The van der Waals surface area contributed by atoms with Gasteiger partial charge in [-0.05, 0) is 42.5 Å². The number of rotatable bonds is 4. The minimum atomic E-state index is -0.198. The molecule has 2 aromatic carbocycles. The third-order valence-corrected chi connectivity index (χ3v) is 4.90. The van der Waals surface area contributed by atoms with Gasteiger partial charge in [0.2, 0.25) is 5.91 Å². The van der Waals surface area contributed by atoms with Crippen molar-refractivity contribution in [2.75, 3.05) is 23.3 Å². The fraction of sp³-hybridized carbons (Fsp3) is 0.381. The lowest BCUT2D eigenvalue weighted by Crippen LogP contribution is -2.38. The molecule has 0 aromatic heterocycles. The van der Waals surface area contributed by atoms with E-state index in [9.17, 15) is 9.18 Å². The van der Waals surface area contributed by atoms with E-state index in [0.717, 1.165) is 24.1 Å². The number of para-hydroxylation sites is 2. The standard InChI is InChI=1S/C21H25FN2O/c1-15(2)17-7-3-5-9-19(17)23-21(25)16-11-13-24(14-12-16)20-10-6-4-8-18(20)22/h3-10,15-16H,11-14H2,1-2H3,(H,23,25). The molecular formula is C21H25FN2O. The van der Waals surface area contributed by atoms with Gasteiger partial charge in [-0.1, -0.05) is 44.2 Å². The summed E-state index contributed by atoms with van der Waals surface area (Å²) in [6, 6.07) is 14.8. The second kappa shape index (κ2) is 7.68. The summed E-state index contributed by atoms with van der Waals surface area (Å²) in [4.78, 5) is 14.7. The van der Waals surface area contributed by atoms with Gasteiger partial charge in [-0.2, -0.15) is 0 Å². The molecule has 1 amide bonds. The lowest BCUT2D eigenvalue weighted by Gasteiger charge is -2.33. The normalized spacial score (nSPS) is 15.4. The molecule has 0 bridgehead atoms. The van der Waals surface area contributed by atoms with E-state index in [1.54, 1.807) is 12.1 Å². The lowest BCUT2D eigenvalue weighted by atomic mass is 9.94. The van der Waals surface area contributed by atoms with Crippen molar-refractivity contribution < 1.29 is 9.18 Å². The first-order valence-electron chi connectivity index (χ1n) is 8.95. The molecule has 2 aromatic rings. The Bertz CT molecular complexity index is 736. The van der Waals surface area contributed by atoms with Crippen LogP contribution in [0.3, 0.4) is 0 Å². The third kappa shape index (κ3) is 4.01. The average Bonchev–Trinajstić information content (AvgIpc) is 2.62. The molecule has 1 saturated heterocycles. The first-order valence-corrected chi connectivity index (χ1v) is 8.95. The number of hydrogen-bond donors (Lipinski definition) is 1. The van der Waals surface area contributed by atoms with Crippen LogP contribution in [0.1, 0.15) is 38.2 Å². The van der Waals surface area contributed by atoms with Crippen LogP contribution in [-0.4, -0.2) is 19.0 Å². The molecule has 0 unspecified atom stereocenters. The molecule has 1 aliphatic heterocycles. The summed E-state index contributed by atoms with van der Waals surface area (Å²) in [5, 5.41) is 3.10. The molecule has 1 aliphatic rings. The van der Waals surface area contributed by atoms with Gasteiger partial charge in [0.05, 0.1) is 5.69 Å². The summed E-state index contributed by atoms with van der Waals surface area (Å²) in [5.74, 6) is 0.209. The summed E-state index contributed by atoms with van der Waals surface area (Å²) in [6.45, 7) is 5.64. The molecule has 132 valence electrons. The highest BCUT2D eigenvalue weighted by molar-refractivity contribution is 5.93. The molecule has 1 fully saturated rings. The van der Waals surface area contributed by atoms with Gasteiger partial charge in [-0.15, -0.1) is 0 Å². The van der Waals surface area contributed by atoms with Crippen molar-refractivity contribution in [2.45, 2.75) is 32.6 Å². The predicted octanol–water partition coefficient (Wildman–Crippen LogP) is 4.80. The number of hydrogen-bond acceptors (Lipinski definition) is 2. The van der Waals surface area contributed by atoms with Crippen molar-refractivity contribution in [3.63, 3.8) is 0 Å². The van der Waals surface area contributed by atoms with E-state index in [1.165, 1.54) is 6.07 Å². The Morgan fingerprint density at radius 1 is 1.08 bits per heavy atom. The fourth-order valence-electron chi connectivity index (χ4n) is 3.44. The van der Waals surface area contributed by atoms with E-state index in [1.807, 2.05) is 29.2 Å². The molecule has 0 spiro atoms. The zero-order valence-electron chi connectivity index (χ0n) is 14.8. The van der Waals surface area contributed by atoms with Crippen molar-refractivity contribution in [1.29, 1.82) is 0 Å². The van der Waals surface area contributed by atoms with Crippen molar-refractivity contribution >= 4 is 17.3 Å². The molecule has 1 heterocycles. The topological polar surface area (TPSA) is 32.3 Å². The Balaban J connectivity index is 1.62. The number of carbonyl (C=O) groups is 1. The first kappa shape index (κ1) is 17.5. The highest BCUT2D eigenvalue weighted by atomic mass is 19.1. The molecule has 25 heavy (non-hydrogen) atoms. The summed E-state index contributed by atoms with van der Waals surface area (Å²) < 4.78 is 13.9. The van der Waals surface area contributed by atoms with Gasteiger partial charge in [-0.3, -0.25) is 4.79 Å². The van der Waals surface area contributed by atoms with E-state index in [2.05, 4.69) is 25.2 Å². The molecule has 1 N–H and O–H groups in total. The maximum absolute atomic E-state index is 13.9. The van der Waals surface area contributed by atoms with Gasteiger partial charge in [0.15, 0.2) is 0 Å². The number of nitrogens with one attached hydrogen (secondary N) is 1. The summed E-state index contributed by atoms with van der Waals surface area (Å²) >= 11 is 0. The largest absolute Gasteiger partial charge is 0.369 e. The van der Waals surface area contributed by atoms with Crippen molar-refractivity contribution in [1.82, 2.24) is 0 Å². The predicted molar refractivity (Wildman–Crippen MR) is 100 cm³/mol. The number of halogens is 1. The van der Waals surface area contributed by atoms with Crippen LogP contribution in [-0.2, 0) is 4.79 Å². The second-order valence-corrected chi connectivity index (χ2v) is 6.94. The number of benzene rings is 2. The average molecular weight is 340 g/mol. The maximum Gasteiger partial charge on any atom is 0.227 e. The lowest BCUT2D eigenvalue weighted by molar-refractivity contribution is -0.120. The van der Waals surface area contributed by atoms with Gasteiger partial charge < -0.3 is 10.2 Å². The Hall–Kier alpha value is -2.36. The number of nitrogens with zero attached hydrogens (tertiary/aromatic N) is 1. The van der Waals surface area contributed by atoms with Gasteiger partial charge in [0.25, 0.3) is 0 Å². The maximum atomic E-state index is 13.9. The monoisotopic (exact) mass is 340 g/mol. The smallest absolute Gasteiger partial charge is 0.227 e. The highest BCUT2D eigenvalue weighted by Crippen LogP contribution is 2.28. The van der Waals surface area contributed by atoms with Crippen molar-refractivity contribution in [3.05, 3.63) is 59.9 Å². The Labute approximate surface area is 148 Å². The molecule has 0 atom stereocenters. The summed E-state index contributed by atoms with van der Waals surface area (Å²) in [6.07, 6.45) is 1.48. The molecule has 0 saturated carbocycles. The van der Waals surface area contributed by atoms with E-state index in [4.69, 9.17) is 0 Å². The quantitative estimate of drug-likeness (QED) is 0.867. The minimum Gasteiger partial charge on any atom is -0.369 e. The molecule has 0 aliphatic carbocycles. The third-order valence-electron chi connectivity index (χ3n) is 4.90. The highest BCUT2D eigenvalue weighted by Gasteiger charge is 2.26. The van der Waals surface area contributed by atoms with Crippen LogP contribution in [0, 0.1) is 11.7 Å². The molecule has 3 nitrogen and oxygen atoms in total.